The summed E-state index contributed by atoms with van der Waals surface area (Å²) in [6.07, 6.45) is 3.23. The van der Waals surface area contributed by atoms with Gasteiger partial charge in [-0.2, -0.15) is 0 Å². The number of hydrogen-bond acceptors (Lipinski definition) is 5. The number of ether oxygens (including phenoxy) is 1. The lowest BCUT2D eigenvalue weighted by Gasteiger charge is -2.22. The van der Waals surface area contributed by atoms with Gasteiger partial charge in [0.05, 0.1) is 11.8 Å². The van der Waals surface area contributed by atoms with Crippen molar-refractivity contribution in [2.45, 2.75) is 86.0 Å². The van der Waals surface area contributed by atoms with Gasteiger partial charge in [0.2, 0.25) is 0 Å². The smallest absolute Gasteiger partial charge is 0.602 e. The zero-order valence-electron chi connectivity index (χ0n) is 15.3. The molecule has 0 aromatic rings. The molecule has 0 saturated heterocycles. The molecule has 0 fully saturated rings. The Morgan fingerprint density at radius 3 is 1.91 bits per heavy atom. The van der Waals surface area contributed by atoms with E-state index in [9.17, 15) is 4.79 Å². The predicted molar refractivity (Wildman–Crippen MR) is 88.1 cm³/mol. The van der Waals surface area contributed by atoms with Crippen LogP contribution >= 0.6 is 0 Å². The maximum Gasteiger partial charge on any atom is 1.00 e. The van der Waals surface area contributed by atoms with Gasteiger partial charge in [-0.1, -0.05) is 13.8 Å². The first-order valence-electron chi connectivity index (χ1n) is 7.96. The lowest BCUT2D eigenvalue weighted by atomic mass is 10.2. The van der Waals surface area contributed by atoms with Crippen LogP contribution in [0.2, 0.25) is 0 Å². The third-order valence-corrected chi connectivity index (χ3v) is 4.78. The average Bonchev–Trinajstić information content (AvgIpc) is 2.35. The maximum absolute atomic E-state index is 11.8. The molecular weight excluding hydrogens is 299 g/mol. The summed E-state index contributed by atoms with van der Waals surface area (Å²) in [6.45, 7) is 15.2. The highest BCUT2D eigenvalue weighted by molar-refractivity contribution is 6.37. The molecule has 2 atom stereocenters. The van der Waals surface area contributed by atoms with Crippen LogP contribution in [0.4, 0.5) is 0 Å². The molecule has 0 aromatic heterocycles. The van der Waals surface area contributed by atoms with E-state index in [0.29, 0.717) is 5.76 Å². The summed E-state index contributed by atoms with van der Waals surface area (Å²) >= 11 is -2.33. The molecule has 0 aliphatic rings. The Hall–Kier alpha value is -0.538. The van der Waals surface area contributed by atoms with Crippen molar-refractivity contribution < 1.29 is 20.9 Å². The molecule has 6 heteroatoms. The van der Waals surface area contributed by atoms with Crippen molar-refractivity contribution in [3.8, 4) is 0 Å². The van der Waals surface area contributed by atoms with E-state index in [4.69, 9.17) is 16.1 Å². The van der Waals surface area contributed by atoms with Crippen molar-refractivity contribution in [1.29, 1.82) is 0 Å². The zero-order chi connectivity index (χ0) is 17.3. The van der Waals surface area contributed by atoms with Crippen LogP contribution in [0.3, 0.4) is 0 Å². The van der Waals surface area contributed by atoms with E-state index in [2.05, 4.69) is 0 Å². The van der Waals surface area contributed by atoms with Crippen LogP contribution < -0.4 is 0 Å². The quantitative estimate of drug-likeness (QED) is 0.278. The summed E-state index contributed by atoms with van der Waals surface area (Å²) in [4.78, 5) is 11.8. The van der Waals surface area contributed by atoms with Crippen molar-refractivity contribution in [2.24, 2.45) is 0 Å². The standard InChI is InChI=1S/C8H14O3.2C4H9O.Al/c1-6(9)5-7(10)11-8(2,3)4;2*1-3-4(2)5;/h5,9H,1-4H3;2*4H,3H2,1-2H3;/q;2*-1;+3/p-1. The van der Waals surface area contributed by atoms with Crippen molar-refractivity contribution >= 4 is 21.1 Å². The minimum absolute atomic E-state index is 0.0649. The summed E-state index contributed by atoms with van der Waals surface area (Å²) in [5.74, 6) is 0.0300. The Bertz CT molecular complexity index is 350. The minimum atomic E-state index is -2.33. The van der Waals surface area contributed by atoms with Crippen molar-refractivity contribution in [3.05, 3.63) is 11.8 Å². The molecule has 0 radical (unpaired) electrons. The van der Waals surface area contributed by atoms with Crippen LogP contribution in [0, 0.1) is 0 Å². The maximum atomic E-state index is 11.8. The van der Waals surface area contributed by atoms with Crippen LogP contribution in [0.15, 0.2) is 11.8 Å². The Morgan fingerprint density at radius 2 is 1.55 bits per heavy atom. The summed E-state index contributed by atoms with van der Waals surface area (Å²) in [5.41, 5.74) is -0.523. The number of hydrogen-bond donors (Lipinski definition) is 0. The van der Waals surface area contributed by atoms with Crippen LogP contribution in [0.5, 0.6) is 0 Å². The van der Waals surface area contributed by atoms with Gasteiger partial charge in [-0.25, -0.2) is 4.79 Å². The van der Waals surface area contributed by atoms with Crippen LogP contribution in [-0.4, -0.2) is 38.9 Å². The lowest BCUT2D eigenvalue weighted by molar-refractivity contribution is -0.148. The van der Waals surface area contributed by atoms with Crippen LogP contribution in [-0.2, 0) is 20.9 Å². The third-order valence-electron chi connectivity index (χ3n) is 2.85. The number of esters is 1. The second-order valence-corrected chi connectivity index (χ2v) is 7.76. The van der Waals surface area contributed by atoms with E-state index >= 15 is 0 Å². The molecule has 22 heavy (non-hydrogen) atoms. The molecule has 0 spiro atoms. The van der Waals surface area contributed by atoms with E-state index in [-0.39, 0.29) is 12.2 Å². The molecule has 5 nitrogen and oxygen atoms in total. The SMILES string of the molecule is CCC(C)[O][Al]([O]C(C)=CC(=O)OC(C)(C)C)[O]C(C)CC. The van der Waals surface area contributed by atoms with E-state index in [1.165, 1.54) is 6.08 Å². The van der Waals surface area contributed by atoms with Crippen molar-refractivity contribution in [1.82, 2.24) is 0 Å². The molecule has 2 unspecified atom stereocenters. The zero-order valence-corrected chi connectivity index (χ0v) is 16.4. The van der Waals surface area contributed by atoms with Gasteiger partial charge in [-0.3, -0.25) is 0 Å². The molecule has 0 heterocycles. The van der Waals surface area contributed by atoms with Gasteiger partial charge in [0.1, 0.15) is 5.60 Å². The molecule has 0 aliphatic carbocycles. The fraction of sp³-hybridized carbons (Fsp3) is 0.812. The molecule has 0 aliphatic heterocycles. The van der Waals surface area contributed by atoms with Gasteiger partial charge < -0.3 is 16.1 Å². The molecule has 128 valence electrons. The third kappa shape index (κ3) is 11.1. The number of allylic oxidation sites excluding steroid dienone is 1. The first kappa shape index (κ1) is 21.5. The fourth-order valence-corrected chi connectivity index (χ4v) is 3.03. The summed E-state index contributed by atoms with van der Waals surface area (Å²) < 4.78 is 22.6. The fourth-order valence-electron chi connectivity index (χ4n) is 1.34. The molecule has 0 amide bonds. The van der Waals surface area contributed by atoms with Gasteiger partial charge in [0.15, 0.2) is 0 Å². The Morgan fingerprint density at radius 1 is 1.09 bits per heavy atom. The topological polar surface area (TPSA) is 54.0 Å². The van der Waals surface area contributed by atoms with Gasteiger partial charge >= 0.3 is 21.1 Å². The molecule has 0 saturated carbocycles. The first-order valence-corrected chi connectivity index (χ1v) is 9.37. The average molecular weight is 330 g/mol. The highest BCUT2D eigenvalue weighted by Crippen LogP contribution is 2.12. The second-order valence-electron chi connectivity index (χ2n) is 6.40. The lowest BCUT2D eigenvalue weighted by Crippen LogP contribution is -2.33. The van der Waals surface area contributed by atoms with Gasteiger partial charge in [0, 0.05) is 12.2 Å². The monoisotopic (exact) mass is 330 g/mol. The highest BCUT2D eigenvalue weighted by atomic mass is 27.3. The number of carbonyl (C=O) groups excluding carboxylic acids is 1. The minimum Gasteiger partial charge on any atom is -0.602 e. The molecule has 0 N–H and O–H groups in total. The van der Waals surface area contributed by atoms with E-state index in [0.717, 1.165) is 12.8 Å². The second kappa shape index (κ2) is 10.3. The molecule has 0 bridgehead atoms. The van der Waals surface area contributed by atoms with Crippen LogP contribution in [0.1, 0.15) is 68.2 Å². The predicted octanol–water partition coefficient (Wildman–Crippen LogP) is 3.86. The normalized spacial score (nSPS) is 15.2. The molecule has 0 aromatic carbocycles. The van der Waals surface area contributed by atoms with Gasteiger partial charge in [-0.05, 0) is 54.4 Å². The van der Waals surface area contributed by atoms with Crippen molar-refractivity contribution in [3.63, 3.8) is 0 Å². The summed E-state index contributed by atoms with van der Waals surface area (Å²) in [6, 6.07) is 0. The number of carbonyl (C=O) groups is 1. The Labute approximate surface area is 140 Å². The van der Waals surface area contributed by atoms with Crippen LogP contribution in [0.25, 0.3) is 0 Å². The van der Waals surface area contributed by atoms with Gasteiger partial charge in [0.25, 0.3) is 0 Å². The van der Waals surface area contributed by atoms with Crippen molar-refractivity contribution in [2.75, 3.05) is 0 Å². The molecular formula is C16H31AlO5. The molecule has 0 rings (SSSR count). The van der Waals surface area contributed by atoms with E-state index in [1.807, 2.05) is 48.5 Å². The Balaban J connectivity index is 4.71. The summed E-state index contributed by atoms with van der Waals surface area (Å²) in [5, 5.41) is 0. The number of rotatable bonds is 9. The van der Waals surface area contributed by atoms with E-state index < -0.39 is 26.7 Å². The Kier molecular flexibility index (Phi) is 10.0. The highest BCUT2D eigenvalue weighted by Gasteiger charge is 2.38. The largest absolute Gasteiger partial charge is 1.00 e. The van der Waals surface area contributed by atoms with E-state index in [1.54, 1.807) is 6.92 Å². The first-order chi connectivity index (χ1) is 10.1. The van der Waals surface area contributed by atoms with Gasteiger partial charge in [-0.15, -0.1) is 0 Å². The summed E-state index contributed by atoms with van der Waals surface area (Å²) in [7, 11) is 0.